The molecular formula is C21H25N5O6S2. The van der Waals surface area contributed by atoms with Crippen LogP contribution in [-0.4, -0.2) is 61.8 Å². The Morgan fingerprint density at radius 2 is 1.94 bits per heavy atom. The molecule has 0 aliphatic rings. The number of H-pyrrole nitrogens is 1. The highest BCUT2D eigenvalue weighted by atomic mass is 32.2. The van der Waals surface area contributed by atoms with Crippen molar-refractivity contribution in [2.75, 3.05) is 31.9 Å². The highest BCUT2D eigenvalue weighted by Gasteiger charge is 2.20. The van der Waals surface area contributed by atoms with E-state index in [0.717, 1.165) is 4.88 Å². The van der Waals surface area contributed by atoms with Crippen LogP contribution in [0.15, 0.2) is 52.8 Å². The number of hydrogen-bond donors (Lipinski definition) is 2. The maximum absolute atomic E-state index is 13.0. The maximum Gasteiger partial charge on any atom is 0.280 e. The van der Waals surface area contributed by atoms with E-state index < -0.39 is 15.7 Å². The molecule has 0 bridgehead atoms. The minimum Gasteiger partial charge on any atom is -0.389 e. The van der Waals surface area contributed by atoms with Crippen molar-refractivity contribution in [3.05, 3.63) is 58.9 Å². The number of rotatable bonds is 13. The van der Waals surface area contributed by atoms with Crippen LogP contribution in [0, 0.1) is 0 Å². The van der Waals surface area contributed by atoms with E-state index in [9.17, 15) is 13.2 Å². The number of anilines is 1. The first-order valence-electron chi connectivity index (χ1n) is 10.2. The summed E-state index contributed by atoms with van der Waals surface area (Å²) in [5.41, 5.74) is 1.02. The van der Waals surface area contributed by atoms with Crippen molar-refractivity contribution in [1.29, 1.82) is 0 Å². The van der Waals surface area contributed by atoms with E-state index >= 15 is 0 Å². The second-order valence-corrected chi connectivity index (χ2v) is 10.2. The number of benzene rings is 1. The molecule has 1 aromatic carbocycles. The number of carbonyl (C=O) groups excluding carboxylic acids is 1. The summed E-state index contributed by atoms with van der Waals surface area (Å²) in [6.07, 6.45) is 3.57. The van der Waals surface area contributed by atoms with E-state index in [2.05, 4.69) is 25.7 Å². The molecule has 2 aromatic heterocycles. The maximum atomic E-state index is 13.0. The molecule has 0 unspecified atom stereocenters. The third-order valence-corrected chi connectivity index (χ3v) is 7.16. The van der Waals surface area contributed by atoms with E-state index in [1.165, 1.54) is 42.7 Å². The van der Waals surface area contributed by atoms with Gasteiger partial charge in [-0.15, -0.1) is 0 Å². The lowest BCUT2D eigenvalue weighted by Gasteiger charge is -2.09. The molecule has 0 saturated heterocycles. The van der Waals surface area contributed by atoms with Crippen molar-refractivity contribution in [2.45, 2.75) is 24.5 Å². The Morgan fingerprint density at radius 1 is 1.15 bits per heavy atom. The second-order valence-electron chi connectivity index (χ2n) is 7.00. The number of carbonyl (C=O) groups is 1. The first-order valence-corrected chi connectivity index (χ1v) is 12.6. The van der Waals surface area contributed by atoms with Crippen molar-refractivity contribution >= 4 is 37.9 Å². The normalized spacial score (nSPS) is 12.0. The summed E-state index contributed by atoms with van der Waals surface area (Å²) in [6.45, 7) is 0.797. The molecule has 11 nitrogen and oxygen atoms in total. The zero-order valence-electron chi connectivity index (χ0n) is 18.7. The number of thiazole rings is 1. The number of amides is 1. The highest BCUT2D eigenvalue weighted by molar-refractivity contribution is 7.91. The van der Waals surface area contributed by atoms with Gasteiger partial charge >= 0.3 is 0 Å². The summed E-state index contributed by atoms with van der Waals surface area (Å²) in [7, 11) is -0.386. The summed E-state index contributed by atoms with van der Waals surface area (Å²) in [4.78, 5) is 23.5. The molecule has 0 spiro atoms. The molecule has 0 aliphatic heterocycles. The zero-order chi connectivity index (χ0) is 24.4. The van der Waals surface area contributed by atoms with Crippen molar-refractivity contribution in [2.24, 2.45) is 5.16 Å². The van der Waals surface area contributed by atoms with Gasteiger partial charge in [-0.2, -0.15) is 5.10 Å². The van der Waals surface area contributed by atoms with Crippen molar-refractivity contribution in [3.8, 4) is 0 Å². The number of hydrogen-bond acceptors (Lipinski definition) is 10. The van der Waals surface area contributed by atoms with E-state index in [1.54, 1.807) is 25.6 Å². The standard InChI is InChI=1S/C21H25N5O6S2/c1-30-10-3-11-34(28,29)18-6-4-15(5-7-18)19(26-32-13-16-8-9-23-25-16)20(27)24-21-22-12-17(33-21)14-31-2/h4-9,12H,3,10-11,13-14H2,1-2H3,(H,23,25)(H,22,24,27). The average Bonchev–Trinajstić information content (AvgIpc) is 3.49. The van der Waals surface area contributed by atoms with E-state index in [4.69, 9.17) is 14.3 Å². The minimum absolute atomic E-state index is 0.0358. The first-order chi connectivity index (χ1) is 16.4. The zero-order valence-corrected chi connectivity index (χ0v) is 20.3. The van der Waals surface area contributed by atoms with Crippen LogP contribution < -0.4 is 5.32 Å². The van der Waals surface area contributed by atoms with Gasteiger partial charge in [0, 0.05) is 38.8 Å². The Bertz CT molecular complexity index is 1190. The average molecular weight is 508 g/mol. The van der Waals surface area contributed by atoms with Gasteiger partial charge in [-0.25, -0.2) is 13.4 Å². The molecule has 2 N–H and O–H groups in total. The third kappa shape index (κ3) is 7.18. The van der Waals surface area contributed by atoms with E-state index in [1.807, 2.05) is 0 Å². The highest BCUT2D eigenvalue weighted by Crippen LogP contribution is 2.20. The molecule has 2 heterocycles. The molecule has 0 saturated carbocycles. The molecule has 0 atom stereocenters. The molecule has 0 radical (unpaired) electrons. The Hall–Kier alpha value is -3.13. The lowest BCUT2D eigenvalue weighted by atomic mass is 10.1. The van der Waals surface area contributed by atoms with Crippen LogP contribution in [0.1, 0.15) is 22.6 Å². The van der Waals surface area contributed by atoms with Gasteiger partial charge in [0.1, 0.15) is 0 Å². The van der Waals surface area contributed by atoms with Gasteiger partial charge in [-0.3, -0.25) is 15.2 Å². The van der Waals surface area contributed by atoms with Gasteiger partial charge in [0.25, 0.3) is 5.91 Å². The third-order valence-electron chi connectivity index (χ3n) is 4.46. The van der Waals surface area contributed by atoms with Crippen LogP contribution >= 0.6 is 11.3 Å². The Balaban J connectivity index is 1.79. The number of nitrogens with zero attached hydrogens (tertiary/aromatic N) is 3. The topological polar surface area (TPSA) is 145 Å². The molecule has 3 aromatic rings. The molecule has 0 fully saturated rings. The second kappa shape index (κ2) is 12.4. The van der Waals surface area contributed by atoms with E-state index in [0.29, 0.717) is 36.0 Å². The Morgan fingerprint density at radius 3 is 2.62 bits per heavy atom. The number of aromatic nitrogens is 3. The van der Waals surface area contributed by atoms with Crippen LogP contribution in [0.4, 0.5) is 5.13 Å². The monoisotopic (exact) mass is 507 g/mol. The molecule has 0 aliphatic carbocycles. The summed E-state index contributed by atoms with van der Waals surface area (Å²) in [6, 6.07) is 7.62. The van der Waals surface area contributed by atoms with Crippen LogP contribution in [0.2, 0.25) is 0 Å². The summed E-state index contributed by atoms with van der Waals surface area (Å²) < 4.78 is 35.0. The molecular weight excluding hydrogens is 482 g/mol. The van der Waals surface area contributed by atoms with Gasteiger partial charge < -0.3 is 14.3 Å². The fraction of sp³-hybridized carbons (Fsp3) is 0.333. The fourth-order valence-corrected chi connectivity index (χ4v) is 4.88. The lowest BCUT2D eigenvalue weighted by Crippen LogP contribution is -2.24. The number of aromatic amines is 1. The van der Waals surface area contributed by atoms with Crippen molar-refractivity contribution < 1.29 is 27.5 Å². The van der Waals surface area contributed by atoms with Gasteiger partial charge in [0.15, 0.2) is 27.3 Å². The Kier molecular flexibility index (Phi) is 9.27. The largest absolute Gasteiger partial charge is 0.389 e. The number of oxime groups is 1. The van der Waals surface area contributed by atoms with Crippen LogP contribution in [0.25, 0.3) is 0 Å². The predicted molar refractivity (Wildman–Crippen MR) is 126 cm³/mol. The van der Waals surface area contributed by atoms with Gasteiger partial charge in [0.05, 0.1) is 27.8 Å². The number of ether oxygens (including phenoxy) is 2. The van der Waals surface area contributed by atoms with Crippen molar-refractivity contribution in [3.63, 3.8) is 0 Å². The minimum atomic E-state index is -3.48. The molecule has 34 heavy (non-hydrogen) atoms. The molecule has 3 rings (SSSR count). The molecule has 13 heteroatoms. The molecule has 1 amide bonds. The predicted octanol–water partition coefficient (Wildman–Crippen LogP) is 2.38. The lowest BCUT2D eigenvalue weighted by molar-refractivity contribution is -0.110. The summed E-state index contributed by atoms with van der Waals surface area (Å²) in [5.74, 6) is -0.596. The summed E-state index contributed by atoms with van der Waals surface area (Å²) >= 11 is 1.27. The van der Waals surface area contributed by atoms with Crippen LogP contribution in [-0.2, 0) is 42.2 Å². The number of nitrogens with one attached hydrogen (secondary N) is 2. The number of sulfone groups is 1. The molecule has 182 valence electrons. The van der Waals surface area contributed by atoms with Crippen LogP contribution in [0.3, 0.4) is 0 Å². The quantitative estimate of drug-likeness (QED) is 0.204. The van der Waals surface area contributed by atoms with Crippen LogP contribution in [0.5, 0.6) is 0 Å². The van der Waals surface area contributed by atoms with E-state index in [-0.39, 0.29) is 23.0 Å². The van der Waals surface area contributed by atoms with Gasteiger partial charge in [-0.1, -0.05) is 28.6 Å². The number of methoxy groups -OCH3 is 2. The van der Waals surface area contributed by atoms with Crippen molar-refractivity contribution in [1.82, 2.24) is 15.2 Å². The Labute approximate surface area is 201 Å². The summed E-state index contributed by atoms with van der Waals surface area (Å²) in [5, 5.41) is 13.6. The fourth-order valence-electron chi connectivity index (χ4n) is 2.82. The van der Waals surface area contributed by atoms with Gasteiger partial charge in [-0.05, 0) is 24.6 Å². The smallest absolute Gasteiger partial charge is 0.280 e. The first kappa shape index (κ1) is 25.5. The van der Waals surface area contributed by atoms with Gasteiger partial charge in [0.2, 0.25) is 0 Å². The SMILES string of the molecule is COCCCS(=O)(=O)c1ccc(C(=NOCc2ccn[nH]2)C(=O)Nc2ncc(COC)s2)cc1.